The van der Waals surface area contributed by atoms with Gasteiger partial charge in [0.05, 0.1) is 38.3 Å². The third-order valence-electron chi connectivity index (χ3n) is 11.6. The molecule has 12 aromatic rings. The molecule has 12 rings (SSSR count). The summed E-state index contributed by atoms with van der Waals surface area (Å²) in [6.45, 7) is 0. The van der Waals surface area contributed by atoms with E-state index in [1.54, 1.807) is 0 Å². The second-order valence-electron chi connectivity index (χ2n) is 15.2. The molecular weight excluding hydrogens is 749 g/mol. The molecule has 0 radical (unpaired) electrons. The summed E-state index contributed by atoms with van der Waals surface area (Å²) in [7, 11) is 0. The Labute approximate surface area is 350 Å². The van der Waals surface area contributed by atoms with E-state index in [0.717, 1.165) is 56.1 Å². The lowest BCUT2D eigenvalue weighted by molar-refractivity contribution is 1.17. The van der Waals surface area contributed by atoms with E-state index in [0.29, 0.717) is 5.82 Å². The third kappa shape index (κ3) is 5.70. The first kappa shape index (κ1) is 34.3. The average molecular weight is 783 g/mol. The van der Waals surface area contributed by atoms with Crippen LogP contribution in [0.2, 0.25) is 0 Å². The van der Waals surface area contributed by atoms with Crippen LogP contribution in [0, 0.1) is 0 Å². The van der Waals surface area contributed by atoms with Gasteiger partial charge in [-0.3, -0.25) is 0 Å². The quantitative estimate of drug-likeness (QED) is 0.169. The van der Waals surface area contributed by atoms with Gasteiger partial charge in [0.1, 0.15) is 0 Å². The van der Waals surface area contributed by atoms with Crippen molar-refractivity contribution in [1.29, 1.82) is 0 Å². The van der Waals surface area contributed by atoms with Gasteiger partial charge in [-0.1, -0.05) is 164 Å². The van der Waals surface area contributed by atoms with Crippen molar-refractivity contribution in [3.8, 4) is 62.0 Å². The number of thiophene rings is 1. The van der Waals surface area contributed by atoms with Crippen LogP contribution >= 0.6 is 11.3 Å². The van der Waals surface area contributed by atoms with E-state index in [9.17, 15) is 0 Å². The Morgan fingerprint density at radius 2 is 0.900 bits per heavy atom. The first-order chi connectivity index (χ1) is 29.7. The molecule has 8 aromatic carbocycles. The minimum Gasteiger partial charge on any atom is -0.309 e. The summed E-state index contributed by atoms with van der Waals surface area (Å²) in [5, 5.41) is 6.18. The minimum absolute atomic E-state index is 0.676. The zero-order valence-electron chi connectivity index (χ0n) is 32.3. The minimum atomic E-state index is 0.676. The molecule has 4 aromatic heterocycles. The summed E-state index contributed by atoms with van der Waals surface area (Å²) in [6.07, 6.45) is 0. The van der Waals surface area contributed by atoms with Crippen LogP contribution < -0.4 is 0 Å². The number of nitrogens with zero attached hydrogens (tertiary/aromatic N) is 4. The molecule has 4 nitrogen and oxygen atoms in total. The lowest BCUT2D eigenvalue weighted by Gasteiger charge is -2.12. The van der Waals surface area contributed by atoms with Crippen molar-refractivity contribution in [2.24, 2.45) is 0 Å². The van der Waals surface area contributed by atoms with Crippen LogP contribution in [0.1, 0.15) is 0 Å². The van der Waals surface area contributed by atoms with Gasteiger partial charge in [-0.05, 0) is 53.6 Å². The number of benzene rings is 8. The maximum absolute atomic E-state index is 5.40. The highest BCUT2D eigenvalue weighted by Gasteiger charge is 2.18. The fraction of sp³-hybridized carbons (Fsp3) is 0. The summed E-state index contributed by atoms with van der Waals surface area (Å²) >= 11 is 1.81. The molecule has 0 unspecified atom stereocenters. The summed E-state index contributed by atoms with van der Waals surface area (Å²) in [6, 6.07) is 73.0. The van der Waals surface area contributed by atoms with Crippen LogP contribution in [0.25, 0.3) is 115 Å². The zero-order valence-corrected chi connectivity index (χ0v) is 33.1. The molecule has 0 fully saturated rings. The van der Waals surface area contributed by atoms with E-state index in [2.05, 4.69) is 205 Å². The standard InChI is InChI=1S/C55H34N4S/c1-3-13-35(14-4-1)40-29-32-44-48(33-40)56-53(54-52(44)45-19-9-12-22-51(45)60-54)38-23-25-39(26-24-38)55-57-46(36-15-5-2-6-16-36)34-47(58-55)37-27-30-41(31-28-37)59-49-20-10-7-17-42(49)43-18-8-11-21-50(43)59/h1-34H. The summed E-state index contributed by atoms with van der Waals surface area (Å²) in [5.41, 5.74) is 13.6. The zero-order chi connectivity index (χ0) is 39.6. The second kappa shape index (κ2) is 14.0. The fourth-order valence-electron chi connectivity index (χ4n) is 8.73. The normalized spacial score (nSPS) is 11.7. The topological polar surface area (TPSA) is 43.6 Å². The van der Waals surface area contributed by atoms with Crippen molar-refractivity contribution >= 4 is 64.2 Å². The SMILES string of the molecule is c1ccc(-c2ccc3c(c2)nc(-c2ccc(-c4nc(-c5ccccc5)cc(-c5ccc(-n6c7ccccc7c7ccccc76)cc5)n4)cc2)c2sc4ccccc4c23)cc1. The summed E-state index contributed by atoms with van der Waals surface area (Å²) < 4.78 is 4.79. The Hall–Kier alpha value is -7.73. The average Bonchev–Trinajstić information content (AvgIpc) is 3.88. The molecule has 0 saturated heterocycles. The number of hydrogen-bond donors (Lipinski definition) is 0. The molecule has 5 heteroatoms. The molecule has 280 valence electrons. The van der Waals surface area contributed by atoms with E-state index in [1.165, 1.54) is 52.9 Å². The number of fused-ring (bicyclic) bond motifs is 8. The van der Waals surface area contributed by atoms with Gasteiger partial charge in [-0.25, -0.2) is 15.0 Å². The van der Waals surface area contributed by atoms with Crippen molar-refractivity contribution in [3.05, 3.63) is 206 Å². The van der Waals surface area contributed by atoms with Crippen molar-refractivity contribution in [1.82, 2.24) is 19.5 Å². The van der Waals surface area contributed by atoms with Gasteiger partial charge in [-0.15, -0.1) is 11.3 Å². The number of hydrogen-bond acceptors (Lipinski definition) is 4. The van der Waals surface area contributed by atoms with Gasteiger partial charge in [0.25, 0.3) is 0 Å². The van der Waals surface area contributed by atoms with Crippen molar-refractivity contribution < 1.29 is 0 Å². The van der Waals surface area contributed by atoms with E-state index in [-0.39, 0.29) is 0 Å². The Morgan fingerprint density at radius 3 is 1.58 bits per heavy atom. The van der Waals surface area contributed by atoms with E-state index < -0.39 is 0 Å². The van der Waals surface area contributed by atoms with E-state index in [4.69, 9.17) is 15.0 Å². The fourth-order valence-corrected chi connectivity index (χ4v) is 9.96. The Kier molecular flexibility index (Phi) is 8.00. The lowest BCUT2D eigenvalue weighted by atomic mass is 9.99. The Bertz CT molecular complexity index is 3520. The van der Waals surface area contributed by atoms with Crippen LogP contribution in [0.3, 0.4) is 0 Å². The van der Waals surface area contributed by atoms with E-state index in [1.807, 2.05) is 17.4 Å². The van der Waals surface area contributed by atoms with Crippen LogP contribution in [0.5, 0.6) is 0 Å². The third-order valence-corrected chi connectivity index (χ3v) is 12.8. The monoisotopic (exact) mass is 782 g/mol. The van der Waals surface area contributed by atoms with Gasteiger partial charge in [0, 0.05) is 59.6 Å². The highest BCUT2D eigenvalue weighted by Crippen LogP contribution is 2.44. The van der Waals surface area contributed by atoms with Crippen LogP contribution in [0.15, 0.2) is 206 Å². The molecular formula is C55H34N4S. The van der Waals surface area contributed by atoms with Crippen molar-refractivity contribution in [3.63, 3.8) is 0 Å². The van der Waals surface area contributed by atoms with Gasteiger partial charge in [0.15, 0.2) is 5.82 Å². The predicted molar refractivity (Wildman–Crippen MR) is 252 cm³/mol. The second-order valence-corrected chi connectivity index (χ2v) is 16.2. The number of rotatable bonds is 6. The maximum atomic E-state index is 5.40. The molecule has 0 amide bonds. The smallest absolute Gasteiger partial charge is 0.160 e. The highest BCUT2D eigenvalue weighted by molar-refractivity contribution is 7.26. The van der Waals surface area contributed by atoms with Crippen LogP contribution in [-0.4, -0.2) is 19.5 Å². The van der Waals surface area contributed by atoms with Gasteiger partial charge >= 0.3 is 0 Å². The van der Waals surface area contributed by atoms with E-state index >= 15 is 0 Å². The molecule has 0 saturated carbocycles. The Balaban J connectivity index is 0.965. The largest absolute Gasteiger partial charge is 0.309 e. The molecule has 0 aliphatic rings. The number of aromatic nitrogens is 4. The van der Waals surface area contributed by atoms with Gasteiger partial charge in [0.2, 0.25) is 0 Å². The lowest BCUT2D eigenvalue weighted by Crippen LogP contribution is -1.97. The molecule has 4 heterocycles. The van der Waals surface area contributed by atoms with Crippen molar-refractivity contribution in [2.45, 2.75) is 0 Å². The number of para-hydroxylation sites is 2. The molecule has 0 atom stereocenters. The molecule has 0 aliphatic carbocycles. The van der Waals surface area contributed by atoms with Crippen LogP contribution in [-0.2, 0) is 0 Å². The van der Waals surface area contributed by atoms with Gasteiger partial charge < -0.3 is 4.57 Å². The van der Waals surface area contributed by atoms with Crippen molar-refractivity contribution in [2.75, 3.05) is 0 Å². The maximum Gasteiger partial charge on any atom is 0.160 e. The first-order valence-corrected chi connectivity index (χ1v) is 21.0. The molecule has 0 spiro atoms. The Morgan fingerprint density at radius 1 is 0.367 bits per heavy atom. The molecule has 60 heavy (non-hydrogen) atoms. The first-order valence-electron chi connectivity index (χ1n) is 20.2. The highest BCUT2D eigenvalue weighted by atomic mass is 32.1. The number of pyridine rings is 1. The van der Waals surface area contributed by atoms with Gasteiger partial charge in [-0.2, -0.15) is 0 Å². The summed E-state index contributed by atoms with van der Waals surface area (Å²) in [4.78, 5) is 15.8. The predicted octanol–water partition coefficient (Wildman–Crippen LogP) is 14.8. The molecule has 0 aliphatic heterocycles. The van der Waals surface area contributed by atoms with Crippen LogP contribution in [0.4, 0.5) is 0 Å². The molecule has 0 N–H and O–H groups in total. The summed E-state index contributed by atoms with van der Waals surface area (Å²) in [5.74, 6) is 0.676. The molecule has 0 bridgehead atoms.